The lowest BCUT2D eigenvalue weighted by molar-refractivity contribution is 0.0943. The molecule has 0 aliphatic carbocycles. The molecule has 0 spiro atoms. The van der Waals surface area contributed by atoms with Gasteiger partial charge in [-0.3, -0.25) is 20.4 Å². The first-order valence-corrected chi connectivity index (χ1v) is 7.03. The van der Waals surface area contributed by atoms with Crippen LogP contribution in [0.5, 0.6) is 0 Å². The van der Waals surface area contributed by atoms with Crippen molar-refractivity contribution in [2.24, 2.45) is 0 Å². The van der Waals surface area contributed by atoms with Gasteiger partial charge < -0.3 is 9.88 Å². The Morgan fingerprint density at radius 3 is 2.55 bits per heavy atom. The van der Waals surface area contributed by atoms with Crippen LogP contribution in [0.25, 0.3) is 0 Å². The maximum absolute atomic E-state index is 12.0. The van der Waals surface area contributed by atoms with Gasteiger partial charge in [0.2, 0.25) is 0 Å². The third-order valence-corrected chi connectivity index (χ3v) is 3.26. The minimum Gasteiger partial charge on any atom is -0.364 e. The Hall–Kier alpha value is -2.67. The van der Waals surface area contributed by atoms with E-state index in [1.54, 1.807) is 7.05 Å². The molecule has 1 amide bonds. The van der Waals surface area contributed by atoms with E-state index >= 15 is 0 Å². The van der Waals surface area contributed by atoms with Gasteiger partial charge in [-0.2, -0.15) is 0 Å². The molecule has 0 saturated heterocycles. The van der Waals surface area contributed by atoms with Gasteiger partial charge in [-0.05, 0) is 23.8 Å². The highest BCUT2D eigenvalue weighted by Gasteiger charge is 2.08. The average Bonchev–Trinajstić information content (AvgIpc) is 2.55. The monoisotopic (exact) mass is 316 g/mol. The Kier molecular flexibility index (Phi) is 5.26. The second-order valence-electron chi connectivity index (χ2n) is 4.53. The van der Waals surface area contributed by atoms with Gasteiger partial charge in [0, 0.05) is 19.3 Å². The molecular weight excluding hydrogens is 300 g/mol. The van der Waals surface area contributed by atoms with Crippen molar-refractivity contribution >= 4 is 23.2 Å². The number of thiocarbonyl (C=S) groups is 1. The molecule has 3 N–H and O–H groups in total. The number of hydrogen-bond donors (Lipinski definition) is 3. The summed E-state index contributed by atoms with van der Waals surface area (Å²) < 4.78 is 1.49. The van der Waals surface area contributed by atoms with Crippen LogP contribution in [0.2, 0.25) is 0 Å². The summed E-state index contributed by atoms with van der Waals surface area (Å²) in [7, 11) is 1.64. The van der Waals surface area contributed by atoms with E-state index in [4.69, 9.17) is 12.2 Å². The van der Waals surface area contributed by atoms with Crippen molar-refractivity contribution < 1.29 is 4.79 Å². The van der Waals surface area contributed by atoms with Crippen LogP contribution in [0.1, 0.15) is 15.9 Å². The highest BCUT2D eigenvalue weighted by molar-refractivity contribution is 7.80. The lowest BCUT2D eigenvalue weighted by Crippen LogP contribution is -2.45. The molecule has 2 aromatic rings. The molecule has 114 valence electrons. The van der Waals surface area contributed by atoms with Crippen LogP contribution in [0.3, 0.4) is 0 Å². The molecule has 0 saturated carbocycles. The smallest absolute Gasteiger partial charge is 0.271 e. The topological polar surface area (TPSA) is 75.2 Å². The number of nitrogens with one attached hydrogen (secondary N) is 3. The third kappa shape index (κ3) is 4.16. The summed E-state index contributed by atoms with van der Waals surface area (Å²) in [5.74, 6) is -0.376. The predicted molar refractivity (Wildman–Crippen MR) is 88.5 cm³/mol. The number of aromatic nitrogens is 1. The van der Waals surface area contributed by atoms with E-state index in [1.807, 2.05) is 30.3 Å². The van der Waals surface area contributed by atoms with Gasteiger partial charge in [0.1, 0.15) is 0 Å². The molecule has 7 heteroatoms. The summed E-state index contributed by atoms with van der Waals surface area (Å²) in [6.07, 6.45) is 1.52. The normalized spacial score (nSPS) is 9.86. The average molecular weight is 316 g/mol. The minimum atomic E-state index is -0.376. The fourth-order valence-electron chi connectivity index (χ4n) is 1.82. The molecule has 0 radical (unpaired) electrons. The van der Waals surface area contributed by atoms with E-state index in [9.17, 15) is 9.59 Å². The zero-order valence-electron chi connectivity index (χ0n) is 12.0. The van der Waals surface area contributed by atoms with Crippen molar-refractivity contribution in [2.75, 3.05) is 7.05 Å². The van der Waals surface area contributed by atoms with E-state index in [2.05, 4.69) is 16.2 Å². The van der Waals surface area contributed by atoms with Crippen molar-refractivity contribution in [1.82, 2.24) is 20.7 Å². The third-order valence-electron chi connectivity index (χ3n) is 2.96. The number of benzene rings is 1. The van der Waals surface area contributed by atoms with E-state index < -0.39 is 0 Å². The summed E-state index contributed by atoms with van der Waals surface area (Å²) in [5, 5.41) is 2.97. The summed E-state index contributed by atoms with van der Waals surface area (Å²) in [6.45, 7) is 0.406. The molecule has 0 atom stereocenters. The van der Waals surface area contributed by atoms with Crippen LogP contribution in [0.4, 0.5) is 0 Å². The van der Waals surface area contributed by atoms with E-state index in [0.717, 1.165) is 5.56 Å². The first kappa shape index (κ1) is 15.7. The van der Waals surface area contributed by atoms with E-state index in [1.165, 1.54) is 22.9 Å². The Balaban J connectivity index is 2.14. The SMILES string of the molecule is CNC(=S)NNC(=O)c1ccc(=O)n(Cc2ccccc2)c1. The number of amides is 1. The highest BCUT2D eigenvalue weighted by Crippen LogP contribution is 2.02. The number of carbonyl (C=O) groups excluding carboxylic acids is 1. The summed E-state index contributed by atoms with van der Waals surface area (Å²) in [5.41, 5.74) is 6.18. The summed E-state index contributed by atoms with van der Waals surface area (Å²) >= 11 is 4.86. The molecule has 1 heterocycles. The van der Waals surface area contributed by atoms with Crippen molar-refractivity contribution in [3.05, 3.63) is 70.1 Å². The van der Waals surface area contributed by atoms with Gasteiger partial charge in [-0.15, -0.1) is 0 Å². The van der Waals surface area contributed by atoms with E-state index in [-0.39, 0.29) is 11.5 Å². The molecular formula is C15H16N4O2S. The van der Waals surface area contributed by atoms with Crippen LogP contribution in [0.15, 0.2) is 53.5 Å². The predicted octanol–water partition coefficient (Wildman–Crippen LogP) is 0.635. The first-order chi connectivity index (χ1) is 10.6. The fourth-order valence-corrected chi connectivity index (χ4v) is 1.87. The molecule has 6 nitrogen and oxygen atoms in total. The van der Waals surface area contributed by atoms with Crippen LogP contribution >= 0.6 is 12.2 Å². The number of hydrazine groups is 1. The molecule has 1 aromatic heterocycles. The fraction of sp³-hybridized carbons (Fsp3) is 0.133. The molecule has 2 rings (SSSR count). The van der Waals surface area contributed by atoms with Gasteiger partial charge in [-0.25, -0.2) is 0 Å². The number of rotatable bonds is 3. The summed E-state index contributed by atoms with van der Waals surface area (Å²) in [4.78, 5) is 23.9. The number of carbonyl (C=O) groups is 1. The Labute approximate surface area is 133 Å². The maximum Gasteiger partial charge on any atom is 0.271 e. The zero-order valence-corrected chi connectivity index (χ0v) is 12.8. The first-order valence-electron chi connectivity index (χ1n) is 6.62. The summed E-state index contributed by atoms with van der Waals surface area (Å²) in [6, 6.07) is 12.4. The van der Waals surface area contributed by atoms with Crippen LogP contribution in [0, 0.1) is 0 Å². The highest BCUT2D eigenvalue weighted by atomic mass is 32.1. The van der Waals surface area contributed by atoms with E-state index in [0.29, 0.717) is 17.2 Å². The number of pyridine rings is 1. The Bertz CT molecular complexity index is 728. The standard InChI is InChI=1S/C15H16N4O2S/c1-16-15(22)18-17-14(21)12-7-8-13(20)19(10-12)9-11-5-3-2-4-6-11/h2-8,10H,9H2,1H3,(H,17,21)(H2,16,18,22). The van der Waals surface area contributed by atoms with Crippen molar-refractivity contribution in [1.29, 1.82) is 0 Å². The molecule has 0 aliphatic heterocycles. The Morgan fingerprint density at radius 2 is 1.86 bits per heavy atom. The molecule has 0 aliphatic rings. The maximum atomic E-state index is 12.0. The Morgan fingerprint density at radius 1 is 1.14 bits per heavy atom. The lowest BCUT2D eigenvalue weighted by atomic mass is 10.2. The van der Waals surface area contributed by atoms with Gasteiger partial charge in [-0.1, -0.05) is 30.3 Å². The molecule has 0 fully saturated rings. The number of nitrogens with zero attached hydrogens (tertiary/aromatic N) is 1. The van der Waals surface area contributed by atoms with Gasteiger partial charge in [0.25, 0.3) is 11.5 Å². The molecule has 0 unspecified atom stereocenters. The van der Waals surface area contributed by atoms with Gasteiger partial charge >= 0.3 is 0 Å². The lowest BCUT2D eigenvalue weighted by Gasteiger charge is -2.10. The van der Waals surface area contributed by atoms with Crippen LogP contribution < -0.4 is 21.7 Å². The second kappa shape index (κ2) is 7.37. The molecule has 1 aromatic carbocycles. The zero-order chi connectivity index (χ0) is 15.9. The van der Waals surface area contributed by atoms with Gasteiger partial charge in [0.15, 0.2) is 5.11 Å². The van der Waals surface area contributed by atoms with Crippen molar-refractivity contribution in [3.8, 4) is 0 Å². The molecule has 22 heavy (non-hydrogen) atoms. The van der Waals surface area contributed by atoms with Crippen LogP contribution in [-0.4, -0.2) is 22.6 Å². The largest absolute Gasteiger partial charge is 0.364 e. The second-order valence-corrected chi connectivity index (χ2v) is 4.94. The van der Waals surface area contributed by atoms with Gasteiger partial charge in [0.05, 0.1) is 12.1 Å². The molecule has 0 bridgehead atoms. The van der Waals surface area contributed by atoms with Crippen molar-refractivity contribution in [2.45, 2.75) is 6.54 Å². The quantitative estimate of drug-likeness (QED) is 0.572. The van der Waals surface area contributed by atoms with Crippen LogP contribution in [-0.2, 0) is 6.54 Å². The number of hydrogen-bond acceptors (Lipinski definition) is 3. The minimum absolute atomic E-state index is 0.167. The van der Waals surface area contributed by atoms with Crippen molar-refractivity contribution in [3.63, 3.8) is 0 Å².